The maximum absolute atomic E-state index is 11.1. The highest BCUT2D eigenvalue weighted by Gasteiger charge is 2.45. The van der Waals surface area contributed by atoms with Gasteiger partial charge in [0.2, 0.25) is 0 Å². The first-order valence-corrected chi connectivity index (χ1v) is 7.48. The van der Waals surface area contributed by atoms with E-state index in [-0.39, 0.29) is 11.9 Å². The minimum absolute atomic E-state index is 0.151. The predicted octanol–water partition coefficient (Wildman–Crippen LogP) is 3.05. The van der Waals surface area contributed by atoms with E-state index in [9.17, 15) is 9.90 Å². The molecule has 18 heavy (non-hydrogen) atoms. The van der Waals surface area contributed by atoms with Crippen LogP contribution in [0.4, 0.5) is 0 Å². The van der Waals surface area contributed by atoms with Crippen LogP contribution in [0.1, 0.15) is 64.7 Å². The molecule has 0 saturated heterocycles. The van der Waals surface area contributed by atoms with Crippen LogP contribution < -0.4 is 0 Å². The summed E-state index contributed by atoms with van der Waals surface area (Å²) in [5.41, 5.74) is -0.575. The largest absolute Gasteiger partial charge is 0.465 e. The van der Waals surface area contributed by atoms with Gasteiger partial charge in [-0.25, -0.2) is 0 Å². The van der Waals surface area contributed by atoms with Gasteiger partial charge in [-0.1, -0.05) is 32.1 Å². The fourth-order valence-corrected chi connectivity index (χ4v) is 3.84. The van der Waals surface area contributed by atoms with Crippen molar-refractivity contribution in [1.82, 2.24) is 0 Å². The van der Waals surface area contributed by atoms with Gasteiger partial charge in [-0.15, -0.1) is 0 Å². The zero-order chi connectivity index (χ0) is 13.0. The molecule has 0 spiro atoms. The second-order valence-corrected chi connectivity index (χ2v) is 6.07. The van der Waals surface area contributed by atoms with Gasteiger partial charge in [0.1, 0.15) is 0 Å². The topological polar surface area (TPSA) is 46.5 Å². The number of ether oxygens (including phenoxy) is 1. The minimum Gasteiger partial charge on any atom is -0.465 e. The van der Waals surface area contributed by atoms with E-state index in [0.29, 0.717) is 12.5 Å². The van der Waals surface area contributed by atoms with Crippen molar-refractivity contribution in [2.24, 2.45) is 11.8 Å². The van der Waals surface area contributed by atoms with Crippen LogP contribution in [-0.2, 0) is 9.53 Å². The first kappa shape index (κ1) is 13.9. The molecule has 0 aromatic rings. The Balaban J connectivity index is 2.01. The smallest absolute Gasteiger partial charge is 0.302 e. The maximum atomic E-state index is 11.1. The summed E-state index contributed by atoms with van der Waals surface area (Å²) >= 11 is 0. The average molecular weight is 254 g/mol. The van der Waals surface area contributed by atoms with E-state index in [1.807, 2.05) is 0 Å². The molecule has 3 heteroatoms. The number of esters is 1. The lowest BCUT2D eigenvalue weighted by Crippen LogP contribution is -2.49. The Morgan fingerprint density at radius 2 is 1.83 bits per heavy atom. The molecule has 0 radical (unpaired) electrons. The van der Waals surface area contributed by atoms with Gasteiger partial charge in [0.05, 0.1) is 12.2 Å². The van der Waals surface area contributed by atoms with E-state index in [2.05, 4.69) is 0 Å². The lowest BCUT2D eigenvalue weighted by Gasteiger charge is -2.46. The number of hydrogen-bond donors (Lipinski definition) is 1. The number of carbonyl (C=O) groups is 1. The highest BCUT2D eigenvalue weighted by molar-refractivity contribution is 5.65. The lowest BCUT2D eigenvalue weighted by atomic mass is 9.64. The second kappa shape index (κ2) is 6.05. The minimum atomic E-state index is -0.575. The maximum Gasteiger partial charge on any atom is 0.302 e. The van der Waals surface area contributed by atoms with Gasteiger partial charge in [-0.05, 0) is 31.6 Å². The summed E-state index contributed by atoms with van der Waals surface area (Å²) in [6, 6.07) is 0. The summed E-state index contributed by atoms with van der Waals surface area (Å²) in [4.78, 5) is 11.0. The van der Waals surface area contributed by atoms with Crippen molar-refractivity contribution in [1.29, 1.82) is 0 Å². The molecule has 2 fully saturated rings. The van der Waals surface area contributed by atoms with Crippen molar-refractivity contribution in [2.75, 3.05) is 6.61 Å². The Bertz CT molecular complexity index is 283. The van der Waals surface area contributed by atoms with Gasteiger partial charge < -0.3 is 9.84 Å². The van der Waals surface area contributed by atoms with Crippen molar-refractivity contribution in [3.05, 3.63) is 0 Å². The van der Waals surface area contributed by atoms with Crippen LogP contribution in [0.15, 0.2) is 0 Å². The molecule has 1 N–H and O–H groups in total. The molecule has 3 nitrogen and oxygen atoms in total. The summed E-state index contributed by atoms with van der Waals surface area (Å²) in [5, 5.41) is 11.1. The van der Waals surface area contributed by atoms with E-state index >= 15 is 0 Å². The normalized spacial score (nSPS) is 34.2. The van der Waals surface area contributed by atoms with Crippen molar-refractivity contribution in [2.45, 2.75) is 70.3 Å². The summed E-state index contributed by atoms with van der Waals surface area (Å²) < 4.78 is 5.17. The molecule has 0 unspecified atom stereocenters. The Labute approximate surface area is 110 Å². The number of carbonyl (C=O) groups excluding carboxylic acids is 1. The molecular weight excluding hydrogens is 228 g/mol. The molecule has 0 aromatic heterocycles. The molecule has 2 atom stereocenters. The Hall–Kier alpha value is -0.570. The highest BCUT2D eigenvalue weighted by atomic mass is 16.5. The van der Waals surface area contributed by atoms with E-state index in [1.54, 1.807) is 0 Å². The quantitative estimate of drug-likeness (QED) is 0.787. The highest BCUT2D eigenvalue weighted by Crippen LogP contribution is 2.44. The molecule has 0 bridgehead atoms. The molecule has 0 aromatic carbocycles. The molecule has 0 heterocycles. The third kappa shape index (κ3) is 3.05. The monoisotopic (exact) mass is 254 g/mol. The van der Waals surface area contributed by atoms with Gasteiger partial charge in [0, 0.05) is 12.8 Å². The van der Waals surface area contributed by atoms with Gasteiger partial charge in [0.15, 0.2) is 0 Å². The third-order valence-electron chi connectivity index (χ3n) is 4.89. The Morgan fingerprint density at radius 3 is 2.50 bits per heavy atom. The van der Waals surface area contributed by atoms with Crippen LogP contribution in [0.5, 0.6) is 0 Å². The summed E-state index contributed by atoms with van der Waals surface area (Å²) in [7, 11) is 0. The van der Waals surface area contributed by atoms with E-state index in [0.717, 1.165) is 38.5 Å². The first-order valence-electron chi connectivity index (χ1n) is 7.48. The van der Waals surface area contributed by atoms with Gasteiger partial charge >= 0.3 is 5.97 Å². The zero-order valence-electron chi connectivity index (χ0n) is 11.5. The van der Waals surface area contributed by atoms with Crippen LogP contribution in [0.25, 0.3) is 0 Å². The Morgan fingerprint density at radius 1 is 1.17 bits per heavy atom. The lowest BCUT2D eigenvalue weighted by molar-refractivity contribution is -0.154. The molecule has 0 aliphatic heterocycles. The van der Waals surface area contributed by atoms with Gasteiger partial charge in [-0.2, -0.15) is 0 Å². The first-order chi connectivity index (χ1) is 8.63. The van der Waals surface area contributed by atoms with Crippen LogP contribution in [0, 0.1) is 11.8 Å². The zero-order valence-corrected chi connectivity index (χ0v) is 11.5. The summed E-state index contributed by atoms with van der Waals surface area (Å²) in [6.07, 6.45) is 10.2. The number of aliphatic hydroxyl groups is 1. The average Bonchev–Trinajstić information content (AvgIpc) is 2.39. The van der Waals surface area contributed by atoms with Gasteiger partial charge in [0.25, 0.3) is 0 Å². The molecule has 104 valence electrons. The standard InChI is InChI=1S/C15H26O3/c1-12(16)18-11-14-9-5-6-10-15(14,17)13-7-3-2-4-8-13/h13-14,17H,2-11H2,1H3/t14-,15+/m1/s1. The van der Waals surface area contributed by atoms with Crippen molar-refractivity contribution < 1.29 is 14.6 Å². The summed E-state index contributed by atoms with van der Waals surface area (Å²) in [5.74, 6) is 0.344. The van der Waals surface area contributed by atoms with E-state index < -0.39 is 5.60 Å². The van der Waals surface area contributed by atoms with Crippen LogP contribution in [0.2, 0.25) is 0 Å². The second-order valence-electron chi connectivity index (χ2n) is 6.07. The molecular formula is C15H26O3. The van der Waals surface area contributed by atoms with Crippen LogP contribution in [-0.4, -0.2) is 23.3 Å². The van der Waals surface area contributed by atoms with Crippen LogP contribution in [0.3, 0.4) is 0 Å². The fourth-order valence-electron chi connectivity index (χ4n) is 3.84. The SMILES string of the molecule is CC(=O)OC[C@H]1CCCC[C@]1(O)C1CCCCC1. The van der Waals surface area contributed by atoms with Crippen LogP contribution >= 0.6 is 0 Å². The number of hydrogen-bond acceptors (Lipinski definition) is 3. The van der Waals surface area contributed by atoms with Crippen molar-refractivity contribution >= 4 is 5.97 Å². The molecule has 2 aliphatic rings. The van der Waals surface area contributed by atoms with Crippen molar-refractivity contribution in [3.63, 3.8) is 0 Å². The molecule has 0 amide bonds. The third-order valence-corrected chi connectivity index (χ3v) is 4.89. The molecule has 2 rings (SSSR count). The van der Waals surface area contributed by atoms with E-state index in [1.165, 1.54) is 26.2 Å². The summed E-state index contributed by atoms with van der Waals surface area (Å²) in [6.45, 7) is 1.85. The molecule has 2 saturated carbocycles. The fraction of sp³-hybridized carbons (Fsp3) is 0.933. The van der Waals surface area contributed by atoms with Gasteiger partial charge in [-0.3, -0.25) is 4.79 Å². The Kier molecular flexibility index (Phi) is 4.66. The van der Waals surface area contributed by atoms with E-state index in [4.69, 9.17) is 4.74 Å². The van der Waals surface area contributed by atoms with Crippen molar-refractivity contribution in [3.8, 4) is 0 Å². The predicted molar refractivity (Wildman–Crippen MR) is 70.1 cm³/mol. The molecule has 2 aliphatic carbocycles. The number of rotatable bonds is 3.